The first-order valence-electron chi connectivity index (χ1n) is 11.7. The van der Waals surface area contributed by atoms with E-state index in [1.165, 1.54) is 6.07 Å². The number of carbonyl (C=O) groups is 1. The van der Waals surface area contributed by atoms with Crippen LogP contribution in [0.1, 0.15) is 72.2 Å². The zero-order valence-electron chi connectivity index (χ0n) is 20.1. The molecule has 3 heterocycles. The number of nitrogens with one attached hydrogen (secondary N) is 1. The molecule has 1 saturated heterocycles. The molecule has 0 radical (unpaired) electrons. The Kier molecular flexibility index (Phi) is 7.89. The molecule has 1 unspecified atom stereocenters. The third kappa shape index (κ3) is 6.38. The van der Waals surface area contributed by atoms with Crippen molar-refractivity contribution >= 4 is 17.2 Å². The van der Waals surface area contributed by atoms with E-state index in [9.17, 15) is 18.0 Å². The number of benzene rings is 1. The van der Waals surface area contributed by atoms with Crippen molar-refractivity contribution in [3.05, 3.63) is 58.4 Å². The highest BCUT2D eigenvalue weighted by atomic mass is 32.1. The molecule has 1 aromatic carbocycles. The third-order valence-electron chi connectivity index (χ3n) is 5.74. The average molecular weight is 521 g/mol. The predicted molar refractivity (Wildman–Crippen MR) is 129 cm³/mol. The van der Waals surface area contributed by atoms with Crippen LogP contribution in [0.3, 0.4) is 0 Å². The van der Waals surface area contributed by atoms with Crippen LogP contribution in [0.15, 0.2) is 36.5 Å². The number of aromatic nitrogens is 3. The van der Waals surface area contributed by atoms with Crippen LogP contribution < -0.4 is 10.1 Å². The summed E-state index contributed by atoms with van der Waals surface area (Å²) in [5, 5.41) is 10.4. The molecule has 1 N–H and O–H groups in total. The Balaban J connectivity index is 1.55. The second-order valence-corrected chi connectivity index (χ2v) is 10.0. The van der Waals surface area contributed by atoms with Gasteiger partial charge in [-0.05, 0) is 56.0 Å². The number of carbonyl (C=O) groups excluding carboxylic acids is 1. The number of nitrogens with zero attached hydrogens (tertiary/aromatic N) is 3. The van der Waals surface area contributed by atoms with Crippen LogP contribution in [0.2, 0.25) is 0 Å². The summed E-state index contributed by atoms with van der Waals surface area (Å²) >= 11 is 1.55. The van der Waals surface area contributed by atoms with Gasteiger partial charge in [-0.15, -0.1) is 16.4 Å². The van der Waals surface area contributed by atoms with E-state index >= 15 is 0 Å². The van der Waals surface area contributed by atoms with Crippen molar-refractivity contribution in [2.45, 2.75) is 57.9 Å². The van der Waals surface area contributed by atoms with E-state index in [4.69, 9.17) is 9.47 Å². The van der Waals surface area contributed by atoms with Gasteiger partial charge in [-0.25, -0.2) is 4.98 Å². The van der Waals surface area contributed by atoms with E-state index in [-0.39, 0.29) is 11.8 Å². The second kappa shape index (κ2) is 10.9. The number of rotatable bonds is 8. The summed E-state index contributed by atoms with van der Waals surface area (Å²) < 4.78 is 49.9. The van der Waals surface area contributed by atoms with Crippen LogP contribution >= 0.6 is 11.3 Å². The van der Waals surface area contributed by atoms with E-state index in [0.717, 1.165) is 34.4 Å². The van der Waals surface area contributed by atoms with Crippen molar-refractivity contribution in [1.29, 1.82) is 0 Å². The van der Waals surface area contributed by atoms with E-state index < -0.39 is 23.8 Å². The van der Waals surface area contributed by atoms with Crippen molar-refractivity contribution in [1.82, 2.24) is 20.5 Å². The van der Waals surface area contributed by atoms with Crippen molar-refractivity contribution in [3.8, 4) is 16.3 Å². The summed E-state index contributed by atoms with van der Waals surface area (Å²) in [6, 6.07) is 6.59. The fourth-order valence-corrected chi connectivity index (χ4v) is 4.57. The fraction of sp³-hybridized carbons (Fsp3) is 0.440. The van der Waals surface area contributed by atoms with Gasteiger partial charge >= 0.3 is 6.18 Å². The van der Waals surface area contributed by atoms with Gasteiger partial charge in [-0.2, -0.15) is 18.3 Å². The molecule has 36 heavy (non-hydrogen) atoms. The highest BCUT2D eigenvalue weighted by molar-refractivity contribution is 7.15. The van der Waals surface area contributed by atoms with Crippen LogP contribution in [0.25, 0.3) is 10.6 Å². The van der Waals surface area contributed by atoms with Crippen molar-refractivity contribution in [2.75, 3.05) is 13.2 Å². The van der Waals surface area contributed by atoms with E-state index in [2.05, 4.69) is 34.3 Å². The molecular formula is C25H27F3N4O3S. The molecule has 1 aliphatic rings. The minimum atomic E-state index is -4.58. The Morgan fingerprint density at radius 2 is 2.03 bits per heavy atom. The van der Waals surface area contributed by atoms with Gasteiger partial charge in [0.15, 0.2) is 5.69 Å². The predicted octanol–water partition coefficient (Wildman–Crippen LogP) is 5.79. The van der Waals surface area contributed by atoms with E-state index in [1.807, 2.05) is 12.3 Å². The maximum atomic E-state index is 13.1. The normalized spacial score (nSPS) is 16.8. The molecule has 1 amide bonds. The van der Waals surface area contributed by atoms with Crippen molar-refractivity contribution in [3.63, 3.8) is 0 Å². The molecule has 192 valence electrons. The molecule has 7 nitrogen and oxygen atoms in total. The van der Waals surface area contributed by atoms with Crippen LogP contribution in [-0.4, -0.2) is 40.4 Å². The number of hydrogen-bond donors (Lipinski definition) is 1. The molecule has 0 aliphatic carbocycles. The van der Waals surface area contributed by atoms with Gasteiger partial charge in [-0.3, -0.25) is 4.79 Å². The molecular weight excluding hydrogens is 493 g/mol. The fourth-order valence-electron chi connectivity index (χ4n) is 3.67. The maximum absolute atomic E-state index is 13.1. The van der Waals surface area contributed by atoms with Crippen LogP contribution in [-0.2, 0) is 10.9 Å². The number of halogens is 3. The lowest BCUT2D eigenvalue weighted by molar-refractivity contribution is -0.141. The maximum Gasteiger partial charge on any atom is 0.435 e. The van der Waals surface area contributed by atoms with Gasteiger partial charge in [0.2, 0.25) is 0 Å². The Labute approximate surface area is 211 Å². The molecule has 0 saturated carbocycles. The summed E-state index contributed by atoms with van der Waals surface area (Å²) in [6.45, 7) is 6.88. The lowest BCUT2D eigenvalue weighted by Crippen LogP contribution is -2.27. The summed E-state index contributed by atoms with van der Waals surface area (Å²) in [4.78, 5) is 18.8. The third-order valence-corrected chi connectivity index (χ3v) is 7.08. The zero-order valence-corrected chi connectivity index (χ0v) is 20.9. The molecule has 4 rings (SSSR count). The van der Waals surface area contributed by atoms with Crippen LogP contribution in [0.4, 0.5) is 13.2 Å². The van der Waals surface area contributed by atoms with Gasteiger partial charge in [0, 0.05) is 28.8 Å². The Hall–Kier alpha value is -3.05. The minimum absolute atomic E-state index is 0.0107. The molecule has 0 spiro atoms. The molecule has 1 fully saturated rings. The Morgan fingerprint density at radius 3 is 2.64 bits per heavy atom. The number of thiazole rings is 1. The molecule has 11 heteroatoms. The smallest absolute Gasteiger partial charge is 0.435 e. The standard InChI is InChI=1S/C25H27F3N4O3S/c1-14(2)21-12-29-24(36-21)17-9-16(10-19(11-17)35-13-18-5-4-8-34-18)23(33)30-15(3)20-6-7-22(32-31-20)25(26,27)28/h6-7,9-12,14-15,18H,4-5,8,13H2,1-3H3,(H,30,33)/t15?,18-/m1/s1. The number of amides is 1. The zero-order chi connectivity index (χ0) is 25.9. The summed E-state index contributed by atoms with van der Waals surface area (Å²) in [5.41, 5.74) is 0.199. The number of hydrogen-bond acceptors (Lipinski definition) is 7. The summed E-state index contributed by atoms with van der Waals surface area (Å²) in [7, 11) is 0. The lowest BCUT2D eigenvalue weighted by Gasteiger charge is -2.16. The monoisotopic (exact) mass is 520 g/mol. The molecule has 1 aliphatic heterocycles. The minimum Gasteiger partial charge on any atom is -0.491 e. The quantitative estimate of drug-likeness (QED) is 0.405. The molecule has 2 aromatic heterocycles. The Morgan fingerprint density at radius 1 is 1.22 bits per heavy atom. The van der Waals surface area contributed by atoms with Gasteiger partial charge in [-0.1, -0.05) is 13.8 Å². The molecule has 0 bridgehead atoms. The van der Waals surface area contributed by atoms with Gasteiger partial charge < -0.3 is 14.8 Å². The SMILES string of the molecule is CC(C)c1cnc(-c2cc(OC[C@H]3CCCO3)cc(C(=O)NC(C)c3ccc(C(F)(F)F)nn3)c2)s1. The van der Waals surface area contributed by atoms with E-state index in [1.54, 1.807) is 30.4 Å². The topological polar surface area (TPSA) is 86.2 Å². The van der Waals surface area contributed by atoms with Crippen LogP contribution in [0.5, 0.6) is 5.75 Å². The second-order valence-electron chi connectivity index (χ2n) is 8.95. The summed E-state index contributed by atoms with van der Waals surface area (Å²) in [6.07, 6.45) is -0.831. The van der Waals surface area contributed by atoms with Crippen molar-refractivity contribution in [2.24, 2.45) is 0 Å². The van der Waals surface area contributed by atoms with Gasteiger partial charge in [0.25, 0.3) is 5.91 Å². The highest BCUT2D eigenvalue weighted by Crippen LogP contribution is 2.33. The highest BCUT2D eigenvalue weighted by Gasteiger charge is 2.33. The average Bonchev–Trinajstić information content (AvgIpc) is 3.54. The van der Waals surface area contributed by atoms with Crippen LogP contribution in [0, 0.1) is 0 Å². The molecule has 3 aromatic rings. The van der Waals surface area contributed by atoms with E-state index in [0.29, 0.717) is 30.4 Å². The number of alkyl halides is 3. The first-order valence-corrected chi connectivity index (χ1v) is 12.5. The number of ether oxygens (including phenoxy) is 2. The molecule has 2 atom stereocenters. The van der Waals surface area contributed by atoms with Gasteiger partial charge in [0.05, 0.1) is 17.8 Å². The lowest BCUT2D eigenvalue weighted by atomic mass is 10.1. The first-order chi connectivity index (χ1) is 17.1. The summed E-state index contributed by atoms with van der Waals surface area (Å²) in [5.74, 6) is 0.411. The Bertz CT molecular complexity index is 1190. The van der Waals surface area contributed by atoms with Crippen molar-refractivity contribution < 1.29 is 27.4 Å². The van der Waals surface area contributed by atoms with Gasteiger partial charge in [0.1, 0.15) is 17.4 Å². The largest absolute Gasteiger partial charge is 0.491 e. The first kappa shape index (κ1) is 26.0.